The fraction of sp³-hybridized carbons (Fsp3) is 0.0625. The van der Waals surface area contributed by atoms with Crippen LogP contribution < -0.4 is 9.80 Å². The van der Waals surface area contributed by atoms with Gasteiger partial charge in [0.15, 0.2) is 0 Å². The lowest BCUT2D eigenvalue weighted by Crippen LogP contribution is -2.33. The van der Waals surface area contributed by atoms with E-state index in [9.17, 15) is 14.4 Å². The van der Waals surface area contributed by atoms with Crippen LogP contribution in [0.25, 0.3) is 0 Å². The highest BCUT2D eigenvalue weighted by Gasteiger charge is 2.38. The molecule has 1 heterocycles. The smallest absolute Gasteiger partial charge is 0.336 e. The standard InChI is InChI=1S/C16H11IN2O4/c17-11-4-6-12(7-5-11)18-9-14(20)19(16(18)23)13-3-1-2-10(8-13)15(21)22/h1-8H,9H2,(H,21,22). The number of aromatic carboxylic acids is 1. The van der Waals surface area contributed by atoms with Gasteiger partial charge in [0, 0.05) is 9.26 Å². The molecular weight excluding hydrogens is 411 g/mol. The van der Waals surface area contributed by atoms with Crippen molar-refractivity contribution in [2.24, 2.45) is 0 Å². The first-order valence-electron chi connectivity index (χ1n) is 6.71. The summed E-state index contributed by atoms with van der Waals surface area (Å²) < 4.78 is 1.02. The fourth-order valence-corrected chi connectivity index (χ4v) is 2.72. The molecule has 0 unspecified atom stereocenters. The highest BCUT2D eigenvalue weighted by Crippen LogP contribution is 2.27. The third-order valence-electron chi connectivity index (χ3n) is 3.45. The molecule has 23 heavy (non-hydrogen) atoms. The molecule has 2 aromatic carbocycles. The molecule has 3 amide bonds. The molecule has 0 radical (unpaired) electrons. The number of hydrogen-bond donors (Lipinski definition) is 1. The van der Waals surface area contributed by atoms with Gasteiger partial charge in [0.05, 0.1) is 11.3 Å². The molecule has 0 aromatic heterocycles. The molecule has 0 atom stereocenters. The third-order valence-corrected chi connectivity index (χ3v) is 4.17. The number of benzene rings is 2. The summed E-state index contributed by atoms with van der Waals surface area (Å²) in [5.74, 6) is -1.50. The maximum atomic E-state index is 12.6. The van der Waals surface area contributed by atoms with E-state index in [1.807, 2.05) is 12.1 Å². The second-order valence-electron chi connectivity index (χ2n) is 4.93. The summed E-state index contributed by atoms with van der Waals surface area (Å²) >= 11 is 2.16. The van der Waals surface area contributed by atoms with Gasteiger partial charge in [-0.05, 0) is 65.1 Å². The van der Waals surface area contributed by atoms with Gasteiger partial charge in [-0.25, -0.2) is 14.5 Å². The topological polar surface area (TPSA) is 77.9 Å². The van der Waals surface area contributed by atoms with Gasteiger partial charge >= 0.3 is 12.0 Å². The van der Waals surface area contributed by atoms with Crippen molar-refractivity contribution in [3.63, 3.8) is 0 Å². The lowest BCUT2D eigenvalue weighted by molar-refractivity contribution is -0.115. The van der Waals surface area contributed by atoms with E-state index in [1.54, 1.807) is 18.2 Å². The highest BCUT2D eigenvalue weighted by atomic mass is 127. The molecule has 1 N–H and O–H groups in total. The van der Waals surface area contributed by atoms with E-state index in [4.69, 9.17) is 5.11 Å². The van der Waals surface area contributed by atoms with Crippen molar-refractivity contribution in [3.8, 4) is 0 Å². The Bertz CT molecular complexity index is 804. The Morgan fingerprint density at radius 3 is 2.39 bits per heavy atom. The minimum absolute atomic E-state index is 0.0239. The van der Waals surface area contributed by atoms with E-state index in [-0.39, 0.29) is 17.8 Å². The number of imide groups is 1. The van der Waals surface area contributed by atoms with Crippen molar-refractivity contribution in [3.05, 3.63) is 57.7 Å². The molecule has 2 aromatic rings. The van der Waals surface area contributed by atoms with E-state index in [0.29, 0.717) is 5.69 Å². The molecular formula is C16H11IN2O4. The quantitative estimate of drug-likeness (QED) is 0.610. The molecule has 1 saturated heterocycles. The van der Waals surface area contributed by atoms with Crippen LogP contribution in [0.4, 0.5) is 16.2 Å². The first kappa shape index (κ1) is 15.5. The van der Waals surface area contributed by atoms with E-state index < -0.39 is 17.9 Å². The van der Waals surface area contributed by atoms with Gasteiger partial charge in [-0.1, -0.05) is 6.07 Å². The number of nitrogens with zero attached hydrogens (tertiary/aromatic N) is 2. The number of amides is 3. The first-order valence-corrected chi connectivity index (χ1v) is 7.78. The van der Waals surface area contributed by atoms with Gasteiger partial charge in [-0.2, -0.15) is 0 Å². The van der Waals surface area contributed by atoms with E-state index in [2.05, 4.69) is 22.6 Å². The predicted molar refractivity (Wildman–Crippen MR) is 92.8 cm³/mol. The van der Waals surface area contributed by atoms with Gasteiger partial charge in [-0.3, -0.25) is 9.69 Å². The number of urea groups is 1. The number of carboxylic acids is 1. The maximum Gasteiger partial charge on any atom is 0.336 e. The molecule has 116 valence electrons. The summed E-state index contributed by atoms with van der Waals surface area (Å²) in [4.78, 5) is 38.2. The van der Waals surface area contributed by atoms with Crippen LogP contribution in [-0.2, 0) is 4.79 Å². The minimum atomic E-state index is -1.11. The number of halogens is 1. The second-order valence-corrected chi connectivity index (χ2v) is 6.18. The molecule has 1 aliphatic heterocycles. The van der Waals surface area contributed by atoms with Crippen LogP contribution in [0.2, 0.25) is 0 Å². The SMILES string of the molecule is O=C(O)c1cccc(N2C(=O)CN(c3ccc(I)cc3)C2=O)c1. The van der Waals surface area contributed by atoms with Crippen molar-refractivity contribution >= 4 is 51.9 Å². The van der Waals surface area contributed by atoms with Gasteiger partial charge in [-0.15, -0.1) is 0 Å². The van der Waals surface area contributed by atoms with Crippen molar-refractivity contribution in [1.29, 1.82) is 0 Å². The Balaban J connectivity index is 1.94. The van der Waals surface area contributed by atoms with Crippen molar-refractivity contribution in [1.82, 2.24) is 0 Å². The zero-order valence-electron chi connectivity index (χ0n) is 11.8. The molecule has 0 spiro atoms. The summed E-state index contributed by atoms with van der Waals surface area (Å²) in [5, 5.41) is 9.04. The number of rotatable bonds is 3. The van der Waals surface area contributed by atoms with E-state index >= 15 is 0 Å². The Hall–Kier alpha value is -2.42. The normalized spacial score (nSPS) is 14.5. The van der Waals surface area contributed by atoms with Gasteiger partial charge < -0.3 is 5.11 Å². The predicted octanol–water partition coefficient (Wildman–Crippen LogP) is 2.96. The Morgan fingerprint density at radius 2 is 1.74 bits per heavy atom. The summed E-state index contributed by atoms with van der Waals surface area (Å²) in [5.41, 5.74) is 0.907. The van der Waals surface area contributed by atoms with E-state index in [0.717, 1.165) is 8.47 Å². The summed E-state index contributed by atoms with van der Waals surface area (Å²) in [6.07, 6.45) is 0. The Kier molecular flexibility index (Phi) is 4.03. The molecule has 6 nitrogen and oxygen atoms in total. The second kappa shape index (κ2) is 5.99. The fourth-order valence-electron chi connectivity index (χ4n) is 2.36. The third kappa shape index (κ3) is 2.91. The van der Waals surface area contributed by atoms with Crippen LogP contribution in [0, 0.1) is 3.57 Å². The van der Waals surface area contributed by atoms with Crippen molar-refractivity contribution in [2.45, 2.75) is 0 Å². The number of carbonyl (C=O) groups is 3. The van der Waals surface area contributed by atoms with Gasteiger partial charge in [0.1, 0.15) is 6.54 Å². The summed E-state index contributed by atoms with van der Waals surface area (Å²) in [6, 6.07) is 12.5. The average molecular weight is 422 g/mol. The van der Waals surface area contributed by atoms with Crippen LogP contribution >= 0.6 is 22.6 Å². The summed E-state index contributed by atoms with van der Waals surface area (Å²) in [6.45, 7) is -0.0727. The van der Waals surface area contributed by atoms with E-state index in [1.165, 1.54) is 23.1 Å². The largest absolute Gasteiger partial charge is 0.478 e. The zero-order valence-corrected chi connectivity index (χ0v) is 13.9. The van der Waals surface area contributed by atoms with Gasteiger partial charge in [0.2, 0.25) is 0 Å². The Labute approximate surface area is 145 Å². The molecule has 0 aliphatic carbocycles. The van der Waals surface area contributed by atoms with Crippen LogP contribution in [-0.4, -0.2) is 29.6 Å². The summed E-state index contributed by atoms with van der Waals surface area (Å²) in [7, 11) is 0. The number of carbonyl (C=O) groups excluding carboxylic acids is 2. The van der Waals surface area contributed by atoms with Crippen LogP contribution in [0.5, 0.6) is 0 Å². The van der Waals surface area contributed by atoms with Crippen LogP contribution in [0.1, 0.15) is 10.4 Å². The number of anilines is 2. The van der Waals surface area contributed by atoms with Crippen molar-refractivity contribution < 1.29 is 19.5 Å². The molecule has 7 heteroatoms. The molecule has 1 aliphatic rings. The first-order chi connectivity index (χ1) is 11.0. The van der Waals surface area contributed by atoms with Crippen molar-refractivity contribution in [2.75, 3.05) is 16.3 Å². The lowest BCUT2D eigenvalue weighted by Gasteiger charge is -2.17. The lowest BCUT2D eigenvalue weighted by atomic mass is 10.2. The highest BCUT2D eigenvalue weighted by molar-refractivity contribution is 14.1. The molecule has 0 bridgehead atoms. The molecule has 3 rings (SSSR count). The van der Waals surface area contributed by atoms with Gasteiger partial charge in [0.25, 0.3) is 5.91 Å². The molecule has 1 fully saturated rings. The number of carboxylic acid groups (broad SMARTS) is 1. The number of hydrogen-bond acceptors (Lipinski definition) is 3. The minimum Gasteiger partial charge on any atom is -0.478 e. The zero-order chi connectivity index (χ0) is 16.6. The maximum absolute atomic E-state index is 12.6. The van der Waals surface area contributed by atoms with Crippen LogP contribution in [0.15, 0.2) is 48.5 Å². The Morgan fingerprint density at radius 1 is 1.04 bits per heavy atom. The molecule has 0 saturated carbocycles. The monoisotopic (exact) mass is 422 g/mol. The average Bonchev–Trinajstić information content (AvgIpc) is 2.83. The van der Waals surface area contributed by atoms with Crippen LogP contribution in [0.3, 0.4) is 0 Å².